The number of carboxylic acids is 1. The summed E-state index contributed by atoms with van der Waals surface area (Å²) in [4.78, 5) is 22.8. The number of rotatable bonds is 3. The molecule has 0 radical (unpaired) electrons. The lowest BCUT2D eigenvalue weighted by atomic mass is 10.1. The summed E-state index contributed by atoms with van der Waals surface area (Å²) in [5, 5.41) is 11.4. The third kappa shape index (κ3) is 2.81. The number of hydrogen-bond donors (Lipinski definition) is 2. The second-order valence-electron chi connectivity index (χ2n) is 3.99. The van der Waals surface area contributed by atoms with Crippen LogP contribution in [0.2, 0.25) is 0 Å². The lowest BCUT2D eigenvalue weighted by Crippen LogP contribution is -2.24. The van der Waals surface area contributed by atoms with Gasteiger partial charge in [0.15, 0.2) is 0 Å². The molecule has 2 N–H and O–H groups in total. The number of carbonyl (C=O) groups excluding carboxylic acids is 1. The highest BCUT2D eigenvalue weighted by Gasteiger charge is 2.24. The Morgan fingerprint density at radius 1 is 1.44 bits per heavy atom. The Hall–Kier alpha value is -1.56. The second kappa shape index (κ2) is 5.39. The molecule has 1 aromatic rings. The smallest absolute Gasteiger partial charge is 0.337 e. The van der Waals surface area contributed by atoms with Crippen molar-refractivity contribution in [3.8, 4) is 0 Å². The molecule has 0 aliphatic carbocycles. The number of aromatic carboxylic acids is 1. The van der Waals surface area contributed by atoms with Crippen molar-refractivity contribution >= 4 is 29.3 Å². The number of carbonyl (C=O) groups is 2. The molecular weight excluding hydrogens is 257 g/mol. The van der Waals surface area contributed by atoms with Crippen molar-refractivity contribution in [2.45, 2.75) is 18.1 Å². The van der Waals surface area contributed by atoms with Gasteiger partial charge in [-0.3, -0.25) is 4.79 Å². The first-order valence-corrected chi connectivity index (χ1v) is 6.58. The van der Waals surface area contributed by atoms with E-state index < -0.39 is 11.8 Å². The summed E-state index contributed by atoms with van der Waals surface area (Å²) in [6.07, 6.45) is 1.78. The van der Waals surface area contributed by atoms with E-state index in [1.165, 1.54) is 6.07 Å². The van der Waals surface area contributed by atoms with Gasteiger partial charge in [-0.25, -0.2) is 9.18 Å². The fourth-order valence-corrected chi connectivity index (χ4v) is 2.96. The summed E-state index contributed by atoms with van der Waals surface area (Å²) in [6, 6.07) is 3.31. The normalized spacial score (nSPS) is 18.6. The second-order valence-corrected chi connectivity index (χ2v) is 5.30. The Labute approximate surface area is 108 Å². The Balaban J connectivity index is 2.17. The number of carboxylic acid groups (broad SMARTS) is 1. The zero-order valence-corrected chi connectivity index (χ0v) is 10.3. The minimum Gasteiger partial charge on any atom is -0.478 e. The van der Waals surface area contributed by atoms with Crippen LogP contribution in [0.3, 0.4) is 0 Å². The fourth-order valence-electron chi connectivity index (χ4n) is 1.80. The molecule has 1 atom stereocenters. The van der Waals surface area contributed by atoms with E-state index in [4.69, 9.17) is 5.11 Å². The molecule has 1 amide bonds. The van der Waals surface area contributed by atoms with Crippen LogP contribution in [0.1, 0.15) is 23.2 Å². The molecule has 0 aromatic heterocycles. The van der Waals surface area contributed by atoms with Gasteiger partial charge in [-0.05, 0) is 36.8 Å². The molecule has 1 aliphatic rings. The zero-order valence-electron chi connectivity index (χ0n) is 9.48. The quantitative estimate of drug-likeness (QED) is 0.884. The third-order valence-corrected chi connectivity index (χ3v) is 4.07. The molecule has 1 unspecified atom stereocenters. The topological polar surface area (TPSA) is 66.4 Å². The molecule has 0 bridgehead atoms. The first-order valence-electron chi connectivity index (χ1n) is 5.53. The maximum Gasteiger partial charge on any atom is 0.337 e. The lowest BCUT2D eigenvalue weighted by molar-refractivity contribution is -0.115. The summed E-state index contributed by atoms with van der Waals surface area (Å²) >= 11 is 1.55. The van der Waals surface area contributed by atoms with Crippen LogP contribution < -0.4 is 5.32 Å². The molecule has 1 heterocycles. The predicted molar refractivity (Wildman–Crippen MR) is 67.5 cm³/mol. The van der Waals surface area contributed by atoms with Crippen LogP contribution in [-0.2, 0) is 4.79 Å². The van der Waals surface area contributed by atoms with Crippen molar-refractivity contribution in [3.05, 3.63) is 29.6 Å². The van der Waals surface area contributed by atoms with Gasteiger partial charge in [0.2, 0.25) is 5.91 Å². The van der Waals surface area contributed by atoms with E-state index in [2.05, 4.69) is 5.32 Å². The molecule has 96 valence electrons. The number of hydrogen-bond acceptors (Lipinski definition) is 3. The Morgan fingerprint density at radius 3 is 2.83 bits per heavy atom. The van der Waals surface area contributed by atoms with Gasteiger partial charge in [0.25, 0.3) is 0 Å². The van der Waals surface area contributed by atoms with Crippen molar-refractivity contribution in [3.63, 3.8) is 0 Å². The molecule has 1 saturated heterocycles. The number of benzene rings is 1. The molecule has 18 heavy (non-hydrogen) atoms. The van der Waals surface area contributed by atoms with Crippen LogP contribution >= 0.6 is 11.8 Å². The number of amides is 1. The van der Waals surface area contributed by atoms with Gasteiger partial charge >= 0.3 is 5.97 Å². The molecular formula is C12H12FNO3S. The Morgan fingerprint density at radius 2 is 2.22 bits per heavy atom. The number of nitrogens with one attached hydrogen (secondary N) is 1. The molecule has 1 fully saturated rings. The van der Waals surface area contributed by atoms with Crippen LogP contribution in [0.4, 0.5) is 10.1 Å². The standard InChI is InChI=1S/C12H12FNO3S/c13-7-3-4-9(8(6-7)12(16)17)14-11(15)10-2-1-5-18-10/h3-4,6,10H,1-2,5H2,(H,14,15)(H,16,17). The fraction of sp³-hybridized carbons (Fsp3) is 0.333. The number of halogens is 1. The molecule has 4 nitrogen and oxygen atoms in total. The van der Waals surface area contributed by atoms with Crippen LogP contribution in [-0.4, -0.2) is 28.0 Å². The Bertz CT molecular complexity index is 486. The predicted octanol–water partition coefficient (Wildman–Crippen LogP) is 2.36. The van der Waals surface area contributed by atoms with E-state index >= 15 is 0 Å². The molecule has 1 aliphatic heterocycles. The number of thioether (sulfide) groups is 1. The van der Waals surface area contributed by atoms with Gasteiger partial charge in [0, 0.05) is 0 Å². The lowest BCUT2D eigenvalue weighted by Gasteiger charge is -2.11. The van der Waals surface area contributed by atoms with Crippen molar-refractivity contribution in [1.82, 2.24) is 0 Å². The maximum atomic E-state index is 13.0. The van der Waals surface area contributed by atoms with Gasteiger partial charge < -0.3 is 10.4 Å². The van der Waals surface area contributed by atoms with Gasteiger partial charge in [-0.15, -0.1) is 11.8 Å². The van der Waals surface area contributed by atoms with Crippen LogP contribution in [0.5, 0.6) is 0 Å². The zero-order chi connectivity index (χ0) is 13.1. The van der Waals surface area contributed by atoms with Crippen molar-refractivity contribution in [2.24, 2.45) is 0 Å². The van der Waals surface area contributed by atoms with E-state index in [-0.39, 0.29) is 22.4 Å². The summed E-state index contributed by atoms with van der Waals surface area (Å²) in [6.45, 7) is 0. The van der Waals surface area contributed by atoms with Gasteiger partial charge in [0.05, 0.1) is 16.5 Å². The number of anilines is 1. The van der Waals surface area contributed by atoms with Gasteiger partial charge in [0.1, 0.15) is 5.82 Å². The molecule has 2 rings (SSSR count). The average molecular weight is 269 g/mol. The van der Waals surface area contributed by atoms with E-state index in [9.17, 15) is 14.0 Å². The van der Waals surface area contributed by atoms with Gasteiger partial charge in [-0.1, -0.05) is 0 Å². The first-order chi connectivity index (χ1) is 8.58. The molecule has 0 saturated carbocycles. The largest absolute Gasteiger partial charge is 0.478 e. The van der Waals surface area contributed by atoms with Gasteiger partial charge in [-0.2, -0.15) is 0 Å². The highest BCUT2D eigenvalue weighted by molar-refractivity contribution is 8.00. The molecule has 1 aromatic carbocycles. The van der Waals surface area contributed by atoms with E-state index in [0.717, 1.165) is 30.7 Å². The average Bonchev–Trinajstić information content (AvgIpc) is 2.84. The first kappa shape index (κ1) is 12.9. The summed E-state index contributed by atoms with van der Waals surface area (Å²) in [5.74, 6) is -1.18. The highest BCUT2D eigenvalue weighted by Crippen LogP contribution is 2.28. The van der Waals surface area contributed by atoms with Crippen molar-refractivity contribution in [2.75, 3.05) is 11.1 Å². The van der Waals surface area contributed by atoms with Crippen molar-refractivity contribution in [1.29, 1.82) is 0 Å². The van der Waals surface area contributed by atoms with Crippen LogP contribution in [0.15, 0.2) is 18.2 Å². The Kier molecular flexibility index (Phi) is 3.86. The molecule has 6 heteroatoms. The SMILES string of the molecule is O=C(O)c1cc(F)ccc1NC(=O)C1CCCS1. The summed E-state index contributed by atoms with van der Waals surface area (Å²) in [5.41, 5.74) is -0.0900. The van der Waals surface area contributed by atoms with E-state index in [1.54, 1.807) is 11.8 Å². The minimum absolute atomic E-state index is 0.140. The van der Waals surface area contributed by atoms with Crippen molar-refractivity contribution < 1.29 is 19.1 Å². The monoisotopic (exact) mass is 269 g/mol. The maximum absolute atomic E-state index is 13.0. The van der Waals surface area contributed by atoms with Crippen LogP contribution in [0, 0.1) is 5.82 Å². The molecule has 0 spiro atoms. The summed E-state index contributed by atoms with van der Waals surface area (Å²) < 4.78 is 13.0. The summed E-state index contributed by atoms with van der Waals surface area (Å²) in [7, 11) is 0. The van der Waals surface area contributed by atoms with E-state index in [0.29, 0.717) is 0 Å². The third-order valence-electron chi connectivity index (χ3n) is 2.69. The van der Waals surface area contributed by atoms with Crippen LogP contribution in [0.25, 0.3) is 0 Å². The minimum atomic E-state index is -1.26. The van der Waals surface area contributed by atoms with E-state index in [1.807, 2.05) is 0 Å². The highest BCUT2D eigenvalue weighted by atomic mass is 32.2.